The van der Waals surface area contributed by atoms with E-state index in [1.807, 2.05) is 62.1 Å². The molecule has 0 atom stereocenters. The van der Waals surface area contributed by atoms with Crippen molar-refractivity contribution >= 4 is 11.9 Å². The van der Waals surface area contributed by atoms with Gasteiger partial charge in [0.15, 0.2) is 5.75 Å². The largest absolute Gasteiger partial charge is 0.550 e. The quantitative estimate of drug-likeness (QED) is 0.0778. The Hall–Kier alpha value is -5.01. The number of aromatic nitrogens is 2. The van der Waals surface area contributed by atoms with Gasteiger partial charge in [0.25, 0.3) is 0 Å². The van der Waals surface area contributed by atoms with Gasteiger partial charge in [0, 0.05) is 23.6 Å². The molecular weight excluding hydrogens is 716 g/mol. The van der Waals surface area contributed by atoms with E-state index in [-0.39, 0.29) is 68.1 Å². The molecule has 3 aromatic carbocycles. The average Bonchev–Trinajstić information content (AvgIpc) is 3.11. The molecule has 0 amide bonds. The Labute approximate surface area is 311 Å². The lowest BCUT2D eigenvalue weighted by Crippen LogP contribution is -2.45. The number of alkyl halides is 6. The average molecular weight is 761 g/mol. The van der Waals surface area contributed by atoms with Crippen molar-refractivity contribution in [2.75, 3.05) is 25.2 Å². The standard InChI is InChI=1S/C40H45F6N3O5/c1-7-53-31-11-12-33(34-20-27(25(2)3)10-13-35(34)52-6)28(19-31)24-49(37-47-22-32(23-48-37)54-16-8-9-36(50)51)38(4,5)15-14-26-17-29(39(41,42)43)21-30(18-26)40(44,45)46/h10-13,17-23,25H,7-9,14-16,24H2,1-6H3,(H,50,51)/p-1. The van der Waals surface area contributed by atoms with Gasteiger partial charge in [0.05, 0.1) is 43.8 Å². The zero-order valence-corrected chi connectivity index (χ0v) is 31.0. The van der Waals surface area contributed by atoms with Crippen LogP contribution in [0.15, 0.2) is 67.0 Å². The zero-order chi connectivity index (χ0) is 39.8. The Morgan fingerprint density at radius 2 is 1.50 bits per heavy atom. The highest BCUT2D eigenvalue weighted by Crippen LogP contribution is 2.40. The van der Waals surface area contributed by atoms with Gasteiger partial charge in [-0.15, -0.1) is 0 Å². The van der Waals surface area contributed by atoms with Gasteiger partial charge >= 0.3 is 12.4 Å². The molecule has 54 heavy (non-hydrogen) atoms. The predicted molar refractivity (Wildman–Crippen MR) is 190 cm³/mol. The number of aryl methyl sites for hydroxylation is 1. The number of carboxylic acids is 1. The Balaban J connectivity index is 1.80. The van der Waals surface area contributed by atoms with E-state index in [0.29, 0.717) is 18.1 Å². The second-order valence-corrected chi connectivity index (χ2v) is 13.7. The van der Waals surface area contributed by atoms with Crippen LogP contribution in [-0.2, 0) is 30.1 Å². The first kappa shape index (κ1) is 41.7. The molecule has 1 heterocycles. The second kappa shape index (κ2) is 17.4. The lowest BCUT2D eigenvalue weighted by molar-refractivity contribution is -0.305. The molecule has 0 saturated heterocycles. The number of hydrogen-bond donors (Lipinski definition) is 0. The third-order valence-electron chi connectivity index (χ3n) is 8.95. The number of halogens is 6. The van der Waals surface area contributed by atoms with Crippen LogP contribution >= 0.6 is 0 Å². The minimum absolute atomic E-state index is 0.0770. The maximum Gasteiger partial charge on any atom is 0.416 e. The SMILES string of the molecule is CCOc1ccc(-c2cc(C(C)C)ccc2OC)c(CN(c2ncc(OCCCC(=O)[O-])cn2)C(C)(C)CCc2cc(C(F)(F)F)cc(C(F)(F)F)c2)c1. The third-order valence-corrected chi connectivity index (χ3v) is 8.95. The fraction of sp³-hybridized carbons (Fsp3) is 0.425. The number of anilines is 1. The summed E-state index contributed by atoms with van der Waals surface area (Å²) in [4.78, 5) is 21.7. The van der Waals surface area contributed by atoms with Crippen LogP contribution in [0.2, 0.25) is 0 Å². The fourth-order valence-electron chi connectivity index (χ4n) is 5.92. The maximum absolute atomic E-state index is 13.7. The normalized spacial score (nSPS) is 12.2. The summed E-state index contributed by atoms with van der Waals surface area (Å²) in [5.74, 6) is 0.685. The first-order chi connectivity index (χ1) is 25.3. The smallest absolute Gasteiger partial charge is 0.416 e. The number of hydrogen-bond acceptors (Lipinski definition) is 8. The number of benzene rings is 3. The molecule has 0 aliphatic carbocycles. The second-order valence-electron chi connectivity index (χ2n) is 13.7. The van der Waals surface area contributed by atoms with Crippen LogP contribution in [-0.4, -0.2) is 41.8 Å². The van der Waals surface area contributed by atoms with Crippen molar-refractivity contribution in [3.63, 3.8) is 0 Å². The van der Waals surface area contributed by atoms with E-state index in [4.69, 9.17) is 14.2 Å². The molecule has 0 fully saturated rings. The highest BCUT2D eigenvalue weighted by atomic mass is 19.4. The lowest BCUT2D eigenvalue weighted by atomic mass is 9.90. The van der Waals surface area contributed by atoms with Crippen molar-refractivity contribution < 1.29 is 50.5 Å². The van der Waals surface area contributed by atoms with Crippen LogP contribution in [0.1, 0.15) is 87.6 Å². The van der Waals surface area contributed by atoms with Crippen molar-refractivity contribution in [2.24, 2.45) is 0 Å². The summed E-state index contributed by atoms with van der Waals surface area (Å²) >= 11 is 0. The van der Waals surface area contributed by atoms with E-state index in [1.54, 1.807) is 7.11 Å². The Bertz CT molecular complexity index is 1850. The maximum atomic E-state index is 13.7. The molecular formula is C40H44F6N3O5-. The number of nitrogens with zero attached hydrogens (tertiary/aromatic N) is 3. The summed E-state index contributed by atoms with van der Waals surface area (Å²) in [6.07, 6.45) is -7.14. The van der Waals surface area contributed by atoms with Gasteiger partial charge in [-0.1, -0.05) is 26.0 Å². The molecule has 1 aromatic heterocycles. The summed E-state index contributed by atoms with van der Waals surface area (Å²) in [5, 5.41) is 10.8. The van der Waals surface area contributed by atoms with Gasteiger partial charge in [-0.2, -0.15) is 26.3 Å². The lowest BCUT2D eigenvalue weighted by Gasteiger charge is -2.39. The van der Waals surface area contributed by atoms with Gasteiger partial charge in [0.1, 0.15) is 11.5 Å². The van der Waals surface area contributed by atoms with E-state index >= 15 is 0 Å². The summed E-state index contributed by atoms with van der Waals surface area (Å²) in [6.45, 7) is 10.2. The highest BCUT2D eigenvalue weighted by molar-refractivity contribution is 5.75. The summed E-state index contributed by atoms with van der Waals surface area (Å²) in [7, 11) is 1.57. The molecule has 0 spiro atoms. The number of aliphatic carboxylic acids is 1. The Kier molecular flexibility index (Phi) is 13.5. The summed E-state index contributed by atoms with van der Waals surface area (Å²) < 4.78 is 99.5. The minimum atomic E-state index is -4.98. The van der Waals surface area contributed by atoms with E-state index in [0.717, 1.165) is 34.4 Å². The van der Waals surface area contributed by atoms with Gasteiger partial charge in [-0.3, -0.25) is 0 Å². The Morgan fingerprint density at radius 3 is 2.06 bits per heavy atom. The zero-order valence-electron chi connectivity index (χ0n) is 31.0. The summed E-state index contributed by atoms with van der Waals surface area (Å²) in [6, 6.07) is 13.2. The van der Waals surface area contributed by atoms with Crippen LogP contribution in [0.25, 0.3) is 11.1 Å². The highest BCUT2D eigenvalue weighted by Gasteiger charge is 2.37. The van der Waals surface area contributed by atoms with Gasteiger partial charge < -0.3 is 29.0 Å². The number of rotatable bonds is 17. The number of carbonyl (C=O) groups is 1. The van der Waals surface area contributed by atoms with Gasteiger partial charge in [-0.25, -0.2) is 9.97 Å². The predicted octanol–water partition coefficient (Wildman–Crippen LogP) is 9.04. The minimum Gasteiger partial charge on any atom is -0.550 e. The molecule has 0 N–H and O–H groups in total. The number of ether oxygens (including phenoxy) is 3. The monoisotopic (exact) mass is 760 g/mol. The fourth-order valence-corrected chi connectivity index (χ4v) is 5.92. The first-order valence-corrected chi connectivity index (χ1v) is 17.5. The van der Waals surface area contributed by atoms with E-state index in [2.05, 4.69) is 23.8 Å². The molecule has 0 unspecified atom stereocenters. The van der Waals surface area contributed by atoms with Crippen LogP contribution in [0.5, 0.6) is 17.2 Å². The Morgan fingerprint density at radius 1 is 0.852 bits per heavy atom. The molecule has 0 radical (unpaired) electrons. The van der Waals surface area contributed by atoms with E-state index in [9.17, 15) is 36.2 Å². The van der Waals surface area contributed by atoms with E-state index in [1.165, 1.54) is 12.4 Å². The topological polar surface area (TPSA) is 96.8 Å². The molecule has 0 aliphatic rings. The molecule has 8 nitrogen and oxygen atoms in total. The van der Waals surface area contributed by atoms with Gasteiger partial charge in [-0.05, 0) is 117 Å². The molecule has 4 aromatic rings. The van der Waals surface area contributed by atoms with E-state index < -0.39 is 35.0 Å². The van der Waals surface area contributed by atoms with Crippen molar-refractivity contribution in [1.29, 1.82) is 0 Å². The van der Waals surface area contributed by atoms with Crippen LogP contribution in [0.3, 0.4) is 0 Å². The first-order valence-electron chi connectivity index (χ1n) is 17.5. The molecule has 292 valence electrons. The van der Waals surface area contributed by atoms with Crippen molar-refractivity contribution in [3.05, 3.63) is 94.8 Å². The van der Waals surface area contributed by atoms with Gasteiger partial charge in [0.2, 0.25) is 5.95 Å². The molecule has 4 rings (SSSR count). The number of methoxy groups -OCH3 is 1. The number of carboxylic acid groups (broad SMARTS) is 1. The molecule has 0 saturated carbocycles. The third kappa shape index (κ3) is 11.0. The molecule has 14 heteroatoms. The summed E-state index contributed by atoms with van der Waals surface area (Å²) in [5.41, 5.74) is -0.402. The van der Waals surface area contributed by atoms with Crippen LogP contribution in [0.4, 0.5) is 32.3 Å². The van der Waals surface area contributed by atoms with Crippen molar-refractivity contribution in [2.45, 2.75) is 90.7 Å². The molecule has 0 aliphatic heterocycles. The number of carbonyl (C=O) groups excluding carboxylic acids is 1. The van der Waals surface area contributed by atoms with Crippen LogP contribution < -0.4 is 24.2 Å². The van der Waals surface area contributed by atoms with Crippen molar-refractivity contribution in [1.82, 2.24) is 9.97 Å². The van der Waals surface area contributed by atoms with Crippen molar-refractivity contribution in [3.8, 4) is 28.4 Å². The molecule has 0 bridgehead atoms. The van der Waals surface area contributed by atoms with Crippen LogP contribution in [0, 0.1) is 0 Å².